The number of rotatable bonds is 8. The largest absolute Gasteiger partial charge is 0.457 e. The summed E-state index contributed by atoms with van der Waals surface area (Å²) in [5.41, 5.74) is 2.33. The van der Waals surface area contributed by atoms with E-state index in [1.54, 1.807) is 36.4 Å². The summed E-state index contributed by atoms with van der Waals surface area (Å²) < 4.78 is 5.75. The Morgan fingerprint density at radius 1 is 0.970 bits per heavy atom. The topological polar surface area (TPSA) is 75.7 Å². The third kappa shape index (κ3) is 5.81. The molecular formula is C26H24N2O4S. The van der Waals surface area contributed by atoms with Crippen molar-refractivity contribution in [3.05, 3.63) is 84.4 Å². The van der Waals surface area contributed by atoms with Crippen LogP contribution in [0.3, 0.4) is 0 Å². The molecule has 168 valence electrons. The fourth-order valence-corrected chi connectivity index (χ4v) is 4.54. The molecule has 1 heterocycles. The van der Waals surface area contributed by atoms with Crippen LogP contribution in [0.2, 0.25) is 0 Å². The Kier molecular flexibility index (Phi) is 7.10. The zero-order valence-corrected chi connectivity index (χ0v) is 19.0. The van der Waals surface area contributed by atoms with E-state index >= 15 is 0 Å². The van der Waals surface area contributed by atoms with Gasteiger partial charge in [0.05, 0.1) is 10.9 Å². The fraction of sp³-hybridized carbons (Fsp3) is 0.192. The van der Waals surface area contributed by atoms with Gasteiger partial charge in [-0.3, -0.25) is 14.4 Å². The van der Waals surface area contributed by atoms with Crippen molar-refractivity contribution in [1.29, 1.82) is 0 Å². The highest BCUT2D eigenvalue weighted by Gasteiger charge is 2.39. The number of nitrogens with zero attached hydrogens (tertiary/aromatic N) is 1. The van der Waals surface area contributed by atoms with E-state index in [9.17, 15) is 14.4 Å². The molecule has 0 spiro atoms. The van der Waals surface area contributed by atoms with Gasteiger partial charge in [0.25, 0.3) is 0 Å². The van der Waals surface area contributed by atoms with E-state index in [-0.39, 0.29) is 30.6 Å². The molecule has 0 saturated carbocycles. The Balaban J connectivity index is 1.23. The molecule has 1 aliphatic heterocycles. The van der Waals surface area contributed by atoms with Gasteiger partial charge in [-0.2, -0.15) is 0 Å². The van der Waals surface area contributed by atoms with Crippen molar-refractivity contribution in [2.45, 2.75) is 25.0 Å². The molecule has 0 aliphatic carbocycles. The van der Waals surface area contributed by atoms with Crippen LogP contribution in [0.25, 0.3) is 0 Å². The van der Waals surface area contributed by atoms with Gasteiger partial charge in [0.15, 0.2) is 0 Å². The first kappa shape index (κ1) is 22.6. The average Bonchev–Trinajstić information content (AvgIpc) is 3.09. The number of amides is 3. The van der Waals surface area contributed by atoms with Crippen molar-refractivity contribution in [3.8, 4) is 11.5 Å². The number of imide groups is 1. The zero-order chi connectivity index (χ0) is 23.2. The maximum atomic E-state index is 12.7. The van der Waals surface area contributed by atoms with Gasteiger partial charge in [-0.05, 0) is 55.5 Å². The molecule has 1 N–H and O–H groups in total. The monoisotopic (exact) mass is 460 g/mol. The van der Waals surface area contributed by atoms with Gasteiger partial charge < -0.3 is 10.1 Å². The average molecular weight is 461 g/mol. The van der Waals surface area contributed by atoms with Crippen LogP contribution >= 0.6 is 11.8 Å². The number of ether oxygens (including phenoxy) is 1. The van der Waals surface area contributed by atoms with Crippen LogP contribution in [0, 0.1) is 6.92 Å². The molecule has 6 nitrogen and oxygen atoms in total. The zero-order valence-electron chi connectivity index (χ0n) is 18.2. The van der Waals surface area contributed by atoms with Gasteiger partial charge in [0, 0.05) is 24.3 Å². The first-order chi connectivity index (χ1) is 16.0. The number of benzene rings is 3. The van der Waals surface area contributed by atoms with Gasteiger partial charge in [0.1, 0.15) is 11.5 Å². The smallest absolute Gasteiger partial charge is 0.247 e. The molecule has 1 atom stereocenters. The van der Waals surface area contributed by atoms with Crippen molar-refractivity contribution < 1.29 is 19.1 Å². The summed E-state index contributed by atoms with van der Waals surface area (Å²) in [4.78, 5) is 38.6. The molecule has 3 aromatic carbocycles. The predicted octanol–water partition coefficient (Wildman–Crippen LogP) is 5.18. The van der Waals surface area contributed by atoms with Gasteiger partial charge in [-0.1, -0.05) is 35.9 Å². The van der Waals surface area contributed by atoms with E-state index in [1.807, 2.05) is 49.4 Å². The van der Waals surface area contributed by atoms with E-state index in [4.69, 9.17) is 4.74 Å². The molecule has 33 heavy (non-hydrogen) atoms. The van der Waals surface area contributed by atoms with Crippen molar-refractivity contribution in [1.82, 2.24) is 0 Å². The lowest BCUT2D eigenvalue weighted by Crippen LogP contribution is -2.31. The Hall–Kier alpha value is -3.58. The standard InChI is InChI=1S/C26H24N2O4S/c1-18-7-11-20(12-8-18)28-25(30)17-23(26(28)31)33-16-15-24(29)27-19-9-13-22(14-10-19)32-21-5-3-2-4-6-21/h2-14,23H,15-17H2,1H3,(H,27,29)/t23-/m1/s1. The molecule has 3 amide bonds. The third-order valence-corrected chi connectivity index (χ3v) is 6.37. The predicted molar refractivity (Wildman–Crippen MR) is 131 cm³/mol. The number of hydrogen-bond acceptors (Lipinski definition) is 5. The van der Waals surface area contributed by atoms with Crippen LogP contribution in [-0.4, -0.2) is 28.7 Å². The lowest BCUT2D eigenvalue weighted by Gasteiger charge is -2.15. The van der Waals surface area contributed by atoms with E-state index in [0.717, 1.165) is 11.3 Å². The Labute approximate surface area is 196 Å². The summed E-state index contributed by atoms with van der Waals surface area (Å²) in [6.45, 7) is 1.95. The Bertz CT molecular complexity index is 1130. The minimum atomic E-state index is -0.457. The number of carbonyl (C=O) groups is 3. The summed E-state index contributed by atoms with van der Waals surface area (Å²) in [7, 11) is 0. The highest BCUT2D eigenvalue weighted by Crippen LogP contribution is 2.30. The van der Waals surface area contributed by atoms with Gasteiger partial charge in [0.2, 0.25) is 17.7 Å². The maximum absolute atomic E-state index is 12.7. The van der Waals surface area contributed by atoms with Crippen molar-refractivity contribution >= 4 is 40.9 Å². The number of hydrogen-bond donors (Lipinski definition) is 1. The summed E-state index contributed by atoms with van der Waals surface area (Å²) in [6.07, 6.45) is 0.400. The quantitative estimate of drug-likeness (QED) is 0.469. The van der Waals surface area contributed by atoms with E-state index in [2.05, 4.69) is 5.32 Å². The maximum Gasteiger partial charge on any atom is 0.247 e. The summed E-state index contributed by atoms with van der Waals surface area (Å²) in [6, 6.07) is 23.9. The molecule has 3 aromatic rings. The van der Waals surface area contributed by atoms with Crippen LogP contribution in [-0.2, 0) is 14.4 Å². The second-order valence-electron chi connectivity index (χ2n) is 7.70. The second kappa shape index (κ2) is 10.4. The Morgan fingerprint density at radius 3 is 2.33 bits per heavy atom. The molecule has 1 aliphatic rings. The third-order valence-electron chi connectivity index (χ3n) is 5.16. The molecule has 0 bridgehead atoms. The fourth-order valence-electron chi connectivity index (χ4n) is 3.45. The van der Waals surface area contributed by atoms with Gasteiger partial charge in [-0.15, -0.1) is 11.8 Å². The summed E-state index contributed by atoms with van der Waals surface area (Å²) in [5.74, 6) is 1.30. The van der Waals surface area contributed by atoms with E-state index < -0.39 is 5.25 Å². The first-order valence-corrected chi connectivity index (χ1v) is 11.7. The molecule has 1 fully saturated rings. The van der Waals surface area contributed by atoms with Crippen molar-refractivity contribution in [3.63, 3.8) is 0 Å². The second-order valence-corrected chi connectivity index (χ2v) is 9.01. The number of thioether (sulfide) groups is 1. The minimum absolute atomic E-state index is 0.147. The lowest BCUT2D eigenvalue weighted by atomic mass is 10.2. The molecule has 0 aromatic heterocycles. The van der Waals surface area contributed by atoms with Crippen LogP contribution < -0.4 is 15.0 Å². The van der Waals surface area contributed by atoms with Crippen LogP contribution in [0.5, 0.6) is 11.5 Å². The van der Waals surface area contributed by atoms with Crippen LogP contribution in [0.15, 0.2) is 78.9 Å². The Morgan fingerprint density at radius 2 is 1.64 bits per heavy atom. The lowest BCUT2D eigenvalue weighted by molar-refractivity contribution is -0.121. The SMILES string of the molecule is Cc1ccc(N2C(=O)C[C@@H](SCCC(=O)Nc3ccc(Oc4ccccc4)cc3)C2=O)cc1. The number of carbonyl (C=O) groups excluding carboxylic acids is 3. The van der Waals surface area contributed by atoms with Gasteiger partial charge >= 0.3 is 0 Å². The van der Waals surface area contributed by atoms with Crippen molar-refractivity contribution in [2.24, 2.45) is 0 Å². The highest BCUT2D eigenvalue weighted by molar-refractivity contribution is 8.00. The van der Waals surface area contributed by atoms with Gasteiger partial charge in [-0.25, -0.2) is 4.90 Å². The highest BCUT2D eigenvalue weighted by atomic mass is 32.2. The van der Waals surface area contributed by atoms with Crippen LogP contribution in [0.4, 0.5) is 11.4 Å². The molecule has 1 saturated heterocycles. The molecular weight excluding hydrogens is 436 g/mol. The minimum Gasteiger partial charge on any atom is -0.457 e. The van der Waals surface area contributed by atoms with Crippen LogP contribution in [0.1, 0.15) is 18.4 Å². The van der Waals surface area contributed by atoms with E-state index in [0.29, 0.717) is 22.9 Å². The normalized spacial score (nSPS) is 15.5. The molecule has 7 heteroatoms. The molecule has 4 rings (SSSR count). The number of nitrogens with one attached hydrogen (secondary N) is 1. The molecule has 0 radical (unpaired) electrons. The summed E-state index contributed by atoms with van der Waals surface area (Å²) in [5, 5.41) is 2.39. The number of aryl methyl sites for hydroxylation is 1. The summed E-state index contributed by atoms with van der Waals surface area (Å²) >= 11 is 1.35. The number of para-hydroxylation sites is 1. The van der Waals surface area contributed by atoms with E-state index in [1.165, 1.54) is 16.7 Å². The van der Waals surface area contributed by atoms with Crippen molar-refractivity contribution in [2.75, 3.05) is 16.0 Å². The number of anilines is 2. The molecule has 0 unspecified atom stereocenters. The first-order valence-electron chi connectivity index (χ1n) is 10.7.